The quantitative estimate of drug-likeness (QED) is 0.333. The number of nitroso groups, excluding NO2 is 1. The van der Waals surface area contributed by atoms with Gasteiger partial charge in [0, 0.05) is 6.42 Å². The van der Waals surface area contributed by atoms with Crippen molar-refractivity contribution < 1.29 is 9.66 Å². The maximum absolute atomic E-state index is 11.0. The van der Waals surface area contributed by atoms with Gasteiger partial charge in [-0.2, -0.15) is 0 Å². The number of hydrogen-bond acceptors (Lipinski definition) is 2. The summed E-state index contributed by atoms with van der Waals surface area (Å²) in [5, 5.41) is 0. The van der Waals surface area contributed by atoms with Crippen LogP contribution in [0.2, 0.25) is 0 Å². The molecule has 0 heterocycles. The lowest BCUT2D eigenvalue weighted by atomic mass is 10.1. The zero-order chi connectivity index (χ0) is 12.9. The van der Waals surface area contributed by atoms with Gasteiger partial charge in [-0.05, 0) is 6.42 Å². The first-order chi connectivity index (χ1) is 8.16. The number of rotatable bonds is 11. The highest BCUT2D eigenvalue weighted by Gasteiger charge is 2.09. The van der Waals surface area contributed by atoms with E-state index in [9.17, 15) is 9.70 Å². The molecule has 0 aliphatic carbocycles. The van der Waals surface area contributed by atoms with Crippen LogP contribution < -0.4 is 11.2 Å². The number of carbonyl (C=O) groups excluding carboxylic acids is 1. The van der Waals surface area contributed by atoms with Crippen LogP contribution in [0.3, 0.4) is 0 Å². The Kier molecular flexibility index (Phi) is 10.6. The van der Waals surface area contributed by atoms with Crippen LogP contribution in [0.5, 0.6) is 0 Å². The van der Waals surface area contributed by atoms with Crippen LogP contribution in [0, 0.1) is 4.91 Å². The van der Waals surface area contributed by atoms with Gasteiger partial charge in [0.25, 0.3) is 0 Å². The van der Waals surface area contributed by atoms with Gasteiger partial charge in [0.05, 0.1) is 4.91 Å². The lowest BCUT2D eigenvalue weighted by Crippen LogP contribution is -2.37. The number of carbonyl (C=O) groups is 1. The highest BCUT2D eigenvalue weighted by molar-refractivity contribution is 5.69. The molecule has 0 spiro atoms. The second kappa shape index (κ2) is 11.4. The highest BCUT2D eigenvalue weighted by atomic mass is 16.3. The normalized spacial score (nSPS) is 10.2. The molecule has 3 N–H and O–H groups in total. The third-order valence-corrected chi connectivity index (χ3v) is 2.70. The molecular weight excluding hydrogens is 218 g/mol. The minimum atomic E-state index is -0.795. The lowest BCUT2D eigenvalue weighted by Gasteiger charge is -1.99. The van der Waals surface area contributed by atoms with Gasteiger partial charge in [0.1, 0.15) is 4.87 Å². The van der Waals surface area contributed by atoms with Gasteiger partial charge in [-0.3, -0.25) is 0 Å². The molecule has 0 aromatic rings. The first-order valence-electron chi connectivity index (χ1n) is 6.67. The third kappa shape index (κ3) is 12.8. The summed E-state index contributed by atoms with van der Waals surface area (Å²) in [5.74, 6) is 0. The number of unbranched alkanes of at least 4 members (excludes halogenated alkanes) is 8. The van der Waals surface area contributed by atoms with Crippen LogP contribution in [-0.4, -0.2) is 17.4 Å². The number of nitrogens with two attached hydrogens (primary N) is 1. The van der Waals surface area contributed by atoms with E-state index in [4.69, 9.17) is 5.73 Å². The largest absolute Gasteiger partial charge is 0.368 e. The highest BCUT2D eigenvalue weighted by Crippen LogP contribution is 2.09. The van der Waals surface area contributed by atoms with Gasteiger partial charge >= 0.3 is 6.03 Å². The van der Waals surface area contributed by atoms with Gasteiger partial charge in [-0.25, -0.2) is 4.79 Å². The fraction of sp³-hybridized carbons (Fsp3) is 0.917. The van der Waals surface area contributed by atoms with E-state index in [1.165, 1.54) is 38.5 Å². The average Bonchev–Trinajstić information content (AvgIpc) is 2.26. The van der Waals surface area contributed by atoms with Gasteiger partial charge in [-0.15, -0.1) is 0 Å². The van der Waals surface area contributed by atoms with Crippen molar-refractivity contribution in [2.75, 3.05) is 6.54 Å². The summed E-state index contributed by atoms with van der Waals surface area (Å²) in [6.45, 7) is 2.54. The smallest absolute Gasteiger partial charge is 0.347 e. The Morgan fingerprint density at radius 3 is 1.94 bits per heavy atom. The minimum Gasteiger partial charge on any atom is -0.347 e. The van der Waals surface area contributed by atoms with Crippen LogP contribution in [0.15, 0.2) is 0 Å². The Balaban J connectivity index is 3.13. The van der Waals surface area contributed by atoms with E-state index in [-0.39, 0.29) is 0 Å². The minimum absolute atomic E-state index is 0.318. The number of nitrogens with zero attached hydrogens (tertiary/aromatic N) is 1. The van der Waals surface area contributed by atoms with Crippen molar-refractivity contribution in [2.24, 2.45) is 5.73 Å². The zero-order valence-corrected chi connectivity index (χ0v) is 10.9. The van der Waals surface area contributed by atoms with Gasteiger partial charge in [-0.1, -0.05) is 57.3 Å². The van der Waals surface area contributed by atoms with E-state index in [1.54, 1.807) is 0 Å². The SMILES string of the molecule is CCCCCCCCCCC[N+](=O)NC(N)=O. The molecule has 100 valence electrons. The maximum atomic E-state index is 11.0. The summed E-state index contributed by atoms with van der Waals surface area (Å²) in [5.41, 5.74) is 6.80. The predicted molar refractivity (Wildman–Crippen MR) is 68.4 cm³/mol. The number of nitrogens with one attached hydrogen (secondary N) is 1. The van der Waals surface area contributed by atoms with Gasteiger partial charge < -0.3 is 5.73 Å². The molecule has 5 nitrogen and oxygen atoms in total. The second-order valence-electron chi connectivity index (χ2n) is 4.41. The van der Waals surface area contributed by atoms with Crippen LogP contribution in [0.25, 0.3) is 0 Å². The van der Waals surface area contributed by atoms with E-state index < -0.39 is 6.03 Å². The van der Waals surface area contributed by atoms with E-state index in [1.807, 2.05) is 5.43 Å². The molecule has 0 aromatic carbocycles. The van der Waals surface area contributed by atoms with Crippen molar-refractivity contribution in [1.82, 2.24) is 5.43 Å². The zero-order valence-electron chi connectivity index (χ0n) is 10.9. The summed E-state index contributed by atoms with van der Waals surface area (Å²) in [6, 6.07) is -0.795. The average molecular weight is 244 g/mol. The Morgan fingerprint density at radius 2 is 1.47 bits per heavy atom. The van der Waals surface area contributed by atoms with Crippen molar-refractivity contribution >= 4 is 6.03 Å². The van der Waals surface area contributed by atoms with Crippen LogP contribution >= 0.6 is 0 Å². The number of hydrazine groups is 1. The van der Waals surface area contributed by atoms with Crippen molar-refractivity contribution in [1.29, 1.82) is 0 Å². The van der Waals surface area contributed by atoms with E-state index in [0.29, 0.717) is 11.4 Å². The van der Waals surface area contributed by atoms with Crippen molar-refractivity contribution in [3.05, 3.63) is 4.91 Å². The number of primary amides is 1. The summed E-state index contributed by atoms with van der Waals surface area (Å²) in [4.78, 5) is 21.8. The van der Waals surface area contributed by atoms with Crippen molar-refractivity contribution in [3.8, 4) is 0 Å². The molecule has 0 unspecified atom stereocenters. The molecule has 0 aliphatic heterocycles. The summed E-state index contributed by atoms with van der Waals surface area (Å²) in [7, 11) is 0. The monoisotopic (exact) mass is 244 g/mol. The topological polar surface area (TPSA) is 75.2 Å². The number of urea groups is 1. The molecule has 5 heteroatoms. The molecular formula is C12H26N3O2+. The summed E-state index contributed by atoms with van der Waals surface area (Å²) in [6.07, 6.45) is 10.8. The summed E-state index contributed by atoms with van der Waals surface area (Å²) >= 11 is 0. The van der Waals surface area contributed by atoms with Gasteiger partial charge in [0.2, 0.25) is 6.54 Å². The molecule has 0 saturated carbocycles. The van der Waals surface area contributed by atoms with E-state index >= 15 is 0 Å². The number of hydrogen-bond donors (Lipinski definition) is 2. The Labute approximate surface area is 104 Å². The first kappa shape index (κ1) is 15.9. The molecule has 0 aromatic heterocycles. The first-order valence-corrected chi connectivity index (χ1v) is 6.67. The molecule has 0 aliphatic rings. The van der Waals surface area contributed by atoms with E-state index in [2.05, 4.69) is 6.92 Å². The Hall–Kier alpha value is -1.13. The van der Waals surface area contributed by atoms with Crippen LogP contribution in [-0.2, 0) is 0 Å². The summed E-state index contributed by atoms with van der Waals surface area (Å²) < 4.78 is 0. The van der Waals surface area contributed by atoms with E-state index in [0.717, 1.165) is 19.3 Å². The molecule has 0 fully saturated rings. The number of amides is 2. The maximum Gasteiger partial charge on any atom is 0.368 e. The standard InChI is InChI=1S/C12H25N3O2/c1-2-3-4-5-6-7-8-9-10-11-15(17)14-12(13)16/h2-11H2,1H3,(H2-,13,14,16,17)/p+1. The molecule has 0 radical (unpaired) electrons. The molecule has 2 amide bonds. The molecule has 0 atom stereocenters. The fourth-order valence-electron chi connectivity index (χ4n) is 1.74. The molecule has 0 saturated heterocycles. The van der Waals surface area contributed by atoms with Crippen LogP contribution in [0.4, 0.5) is 4.79 Å². The molecule has 17 heavy (non-hydrogen) atoms. The van der Waals surface area contributed by atoms with Gasteiger partial charge in [0.15, 0.2) is 0 Å². The lowest BCUT2D eigenvalue weighted by molar-refractivity contribution is -0.592. The van der Waals surface area contributed by atoms with Crippen molar-refractivity contribution in [3.63, 3.8) is 0 Å². The third-order valence-electron chi connectivity index (χ3n) is 2.70. The van der Waals surface area contributed by atoms with Crippen LogP contribution in [0.1, 0.15) is 64.7 Å². The fourth-order valence-corrected chi connectivity index (χ4v) is 1.74. The predicted octanol–water partition coefficient (Wildman–Crippen LogP) is 2.88. The molecule has 0 rings (SSSR count). The second-order valence-corrected chi connectivity index (χ2v) is 4.41. The Bertz CT molecular complexity index is 220. The van der Waals surface area contributed by atoms with Crippen molar-refractivity contribution in [2.45, 2.75) is 64.7 Å². The molecule has 0 bridgehead atoms. The Morgan fingerprint density at radius 1 is 1.00 bits per heavy atom.